The molecule has 3 aromatic rings. The van der Waals surface area contributed by atoms with Crippen molar-refractivity contribution in [2.75, 3.05) is 13.1 Å². The van der Waals surface area contributed by atoms with Crippen LogP contribution in [0.1, 0.15) is 16.8 Å². The summed E-state index contributed by atoms with van der Waals surface area (Å²) in [6, 6.07) is 14.6. The molecule has 0 saturated heterocycles. The molecule has 3 nitrogen and oxygen atoms in total. The summed E-state index contributed by atoms with van der Waals surface area (Å²) in [6.45, 7) is 4.36. The summed E-state index contributed by atoms with van der Waals surface area (Å²) >= 11 is 12.2. The quantitative estimate of drug-likeness (QED) is 0.731. The molecule has 5 heteroatoms. The topological polar surface area (TPSA) is 34.2 Å². The van der Waals surface area contributed by atoms with Crippen LogP contribution in [-0.4, -0.2) is 22.6 Å². The zero-order valence-electron chi connectivity index (χ0n) is 14.0. The summed E-state index contributed by atoms with van der Waals surface area (Å²) in [4.78, 5) is 2.47. The highest BCUT2D eigenvalue weighted by molar-refractivity contribution is 6.42. The van der Waals surface area contributed by atoms with Gasteiger partial charge in [0.05, 0.1) is 10.0 Å². The van der Waals surface area contributed by atoms with Crippen molar-refractivity contribution >= 4 is 34.1 Å². The van der Waals surface area contributed by atoms with Crippen LogP contribution in [0.4, 0.5) is 0 Å². The van der Waals surface area contributed by atoms with E-state index in [1.807, 2.05) is 12.1 Å². The molecule has 0 radical (unpaired) electrons. The third-order valence-corrected chi connectivity index (χ3v) is 5.73. The van der Waals surface area contributed by atoms with Crippen molar-refractivity contribution in [3.05, 3.63) is 69.3 Å². The third-order valence-electron chi connectivity index (χ3n) is 4.99. The number of nitrogens with zero attached hydrogens (tertiary/aromatic N) is 2. The Bertz CT molecular complexity index is 917. The van der Waals surface area contributed by atoms with E-state index in [0.29, 0.717) is 16.6 Å². The fraction of sp³-hybridized carbons (Fsp3) is 0.300. The van der Waals surface area contributed by atoms with Crippen LogP contribution in [0.3, 0.4) is 0 Å². The summed E-state index contributed by atoms with van der Waals surface area (Å²) < 4.78 is 2.39. The number of fused-ring (bicyclic) bond motifs is 3. The molecule has 0 atom stereocenters. The molecular weight excluding hydrogens is 353 g/mol. The summed E-state index contributed by atoms with van der Waals surface area (Å²) in [7, 11) is 0. The monoisotopic (exact) mass is 373 g/mol. The van der Waals surface area contributed by atoms with E-state index in [2.05, 4.69) is 39.8 Å². The molecule has 0 bridgehead atoms. The molecule has 0 saturated carbocycles. The number of benzene rings is 2. The van der Waals surface area contributed by atoms with Gasteiger partial charge >= 0.3 is 0 Å². The average molecular weight is 374 g/mol. The molecule has 0 amide bonds. The number of nitrogens with two attached hydrogens (primary N) is 1. The van der Waals surface area contributed by atoms with Gasteiger partial charge in [-0.2, -0.15) is 0 Å². The van der Waals surface area contributed by atoms with Crippen LogP contribution >= 0.6 is 23.2 Å². The highest BCUT2D eigenvalue weighted by atomic mass is 35.5. The molecule has 25 heavy (non-hydrogen) atoms. The van der Waals surface area contributed by atoms with Gasteiger partial charge in [0, 0.05) is 49.3 Å². The van der Waals surface area contributed by atoms with Crippen LogP contribution in [0.5, 0.6) is 0 Å². The first-order valence-electron chi connectivity index (χ1n) is 8.62. The summed E-state index contributed by atoms with van der Waals surface area (Å²) in [5.74, 6) is 0. The Kier molecular flexibility index (Phi) is 4.74. The number of aromatic nitrogens is 1. The number of para-hydroxylation sites is 1. The predicted octanol–water partition coefficient (Wildman–Crippen LogP) is 4.47. The van der Waals surface area contributed by atoms with Crippen molar-refractivity contribution in [2.45, 2.75) is 26.1 Å². The first-order valence-corrected chi connectivity index (χ1v) is 9.38. The molecule has 1 aliphatic heterocycles. The average Bonchev–Trinajstić information content (AvgIpc) is 2.92. The Morgan fingerprint density at radius 3 is 2.68 bits per heavy atom. The van der Waals surface area contributed by atoms with Crippen LogP contribution in [0.25, 0.3) is 10.9 Å². The molecule has 130 valence electrons. The summed E-state index contributed by atoms with van der Waals surface area (Å²) in [5, 5.41) is 2.60. The van der Waals surface area contributed by atoms with Gasteiger partial charge in [0.25, 0.3) is 0 Å². The SMILES string of the molecule is NCCn1c2c(c3ccccc31)CCN(Cc1ccc(Cl)c(Cl)c1)C2. The molecule has 2 aromatic carbocycles. The van der Waals surface area contributed by atoms with Crippen LogP contribution in [0.2, 0.25) is 10.0 Å². The van der Waals surface area contributed by atoms with Gasteiger partial charge in [-0.1, -0.05) is 47.5 Å². The molecular formula is C20H21Cl2N3. The lowest BCUT2D eigenvalue weighted by atomic mass is 10.0. The number of hydrogen-bond acceptors (Lipinski definition) is 2. The van der Waals surface area contributed by atoms with E-state index in [9.17, 15) is 0 Å². The maximum atomic E-state index is 6.16. The van der Waals surface area contributed by atoms with Gasteiger partial charge in [0.2, 0.25) is 0 Å². The zero-order valence-corrected chi connectivity index (χ0v) is 15.5. The molecule has 4 rings (SSSR count). The molecule has 0 spiro atoms. The first-order chi connectivity index (χ1) is 12.2. The largest absolute Gasteiger partial charge is 0.342 e. The van der Waals surface area contributed by atoms with Crippen molar-refractivity contribution in [1.82, 2.24) is 9.47 Å². The highest BCUT2D eigenvalue weighted by Crippen LogP contribution is 2.31. The fourth-order valence-electron chi connectivity index (χ4n) is 3.86. The Labute approximate surface area is 157 Å². The zero-order chi connectivity index (χ0) is 17.4. The minimum atomic E-state index is 0.606. The van der Waals surface area contributed by atoms with Gasteiger partial charge in [-0.25, -0.2) is 0 Å². The lowest BCUT2D eigenvalue weighted by Crippen LogP contribution is -2.31. The van der Waals surface area contributed by atoms with E-state index in [-0.39, 0.29) is 0 Å². The van der Waals surface area contributed by atoms with Crippen LogP contribution in [0.15, 0.2) is 42.5 Å². The van der Waals surface area contributed by atoms with Crippen LogP contribution in [0, 0.1) is 0 Å². The maximum Gasteiger partial charge on any atom is 0.0595 e. The number of rotatable bonds is 4. The fourth-order valence-corrected chi connectivity index (χ4v) is 4.18. The molecule has 0 unspecified atom stereocenters. The Hall–Kier alpha value is -1.52. The molecule has 2 heterocycles. The number of hydrogen-bond donors (Lipinski definition) is 1. The molecule has 0 aliphatic carbocycles. The van der Waals surface area contributed by atoms with E-state index < -0.39 is 0 Å². The molecule has 1 aromatic heterocycles. The molecule has 0 fully saturated rings. The predicted molar refractivity (Wildman–Crippen MR) is 105 cm³/mol. The van der Waals surface area contributed by atoms with Gasteiger partial charge in [0.1, 0.15) is 0 Å². The van der Waals surface area contributed by atoms with Crippen molar-refractivity contribution in [3.63, 3.8) is 0 Å². The van der Waals surface area contributed by atoms with Crippen molar-refractivity contribution in [2.24, 2.45) is 5.73 Å². The molecule has 2 N–H and O–H groups in total. The molecule has 1 aliphatic rings. The Morgan fingerprint density at radius 1 is 1.04 bits per heavy atom. The Balaban J connectivity index is 1.65. The Morgan fingerprint density at radius 2 is 1.88 bits per heavy atom. The lowest BCUT2D eigenvalue weighted by Gasteiger charge is -2.28. The van der Waals surface area contributed by atoms with Crippen LogP contribution < -0.4 is 5.73 Å². The summed E-state index contributed by atoms with van der Waals surface area (Å²) in [6.07, 6.45) is 1.06. The second-order valence-corrected chi connectivity index (χ2v) is 7.41. The normalized spacial score (nSPS) is 14.8. The second kappa shape index (κ2) is 7.00. The van der Waals surface area contributed by atoms with Gasteiger partial charge in [-0.3, -0.25) is 4.90 Å². The van der Waals surface area contributed by atoms with Crippen molar-refractivity contribution in [3.8, 4) is 0 Å². The van der Waals surface area contributed by atoms with Gasteiger partial charge < -0.3 is 10.3 Å². The second-order valence-electron chi connectivity index (χ2n) is 6.59. The van der Waals surface area contributed by atoms with Gasteiger partial charge in [-0.05, 0) is 35.7 Å². The van der Waals surface area contributed by atoms with E-state index in [1.54, 1.807) is 0 Å². The van der Waals surface area contributed by atoms with E-state index in [4.69, 9.17) is 28.9 Å². The first kappa shape index (κ1) is 16.9. The standard InChI is InChI=1S/C20H21Cl2N3/c21-17-6-5-14(11-18(17)22)12-24-9-7-16-15-3-1-2-4-19(15)25(10-8-23)20(16)13-24/h1-6,11H,7-10,12-13,23H2. The van der Waals surface area contributed by atoms with E-state index in [1.165, 1.54) is 27.7 Å². The minimum absolute atomic E-state index is 0.606. The highest BCUT2D eigenvalue weighted by Gasteiger charge is 2.23. The summed E-state index contributed by atoms with van der Waals surface area (Å²) in [5.41, 5.74) is 11.2. The third kappa shape index (κ3) is 3.18. The smallest absolute Gasteiger partial charge is 0.0595 e. The van der Waals surface area contributed by atoms with E-state index in [0.717, 1.165) is 32.6 Å². The minimum Gasteiger partial charge on any atom is -0.342 e. The number of halogens is 2. The van der Waals surface area contributed by atoms with Crippen molar-refractivity contribution in [1.29, 1.82) is 0 Å². The van der Waals surface area contributed by atoms with Crippen molar-refractivity contribution < 1.29 is 0 Å². The van der Waals surface area contributed by atoms with E-state index >= 15 is 0 Å². The lowest BCUT2D eigenvalue weighted by molar-refractivity contribution is 0.239. The van der Waals surface area contributed by atoms with Gasteiger partial charge in [-0.15, -0.1) is 0 Å². The maximum absolute atomic E-state index is 6.16. The van der Waals surface area contributed by atoms with Crippen LogP contribution in [-0.2, 0) is 26.1 Å². The van der Waals surface area contributed by atoms with Gasteiger partial charge in [0.15, 0.2) is 0 Å².